The Bertz CT molecular complexity index is 792. The van der Waals surface area contributed by atoms with Crippen LogP contribution in [0.2, 0.25) is 0 Å². The Kier molecular flexibility index (Phi) is 6.66. The van der Waals surface area contributed by atoms with E-state index < -0.39 is 0 Å². The minimum absolute atomic E-state index is 0.111. The second-order valence-electron chi connectivity index (χ2n) is 7.31. The molecule has 1 atom stereocenters. The summed E-state index contributed by atoms with van der Waals surface area (Å²) in [4.78, 5) is 28.7. The van der Waals surface area contributed by atoms with E-state index >= 15 is 0 Å². The molecule has 6 heteroatoms. The molecule has 0 bridgehead atoms. The molecule has 0 radical (unpaired) electrons. The topological polar surface area (TPSA) is 64.7 Å². The third kappa shape index (κ3) is 5.33. The van der Waals surface area contributed by atoms with Crippen LogP contribution in [0.4, 0.5) is 10.5 Å². The summed E-state index contributed by atoms with van der Waals surface area (Å²) in [7, 11) is 3.89. The van der Waals surface area contributed by atoms with Gasteiger partial charge in [0.15, 0.2) is 0 Å². The highest BCUT2D eigenvalue weighted by atomic mass is 16.2. The zero-order valence-electron chi connectivity index (χ0n) is 16.5. The first-order chi connectivity index (χ1) is 13.5. The van der Waals surface area contributed by atoms with Gasteiger partial charge in [0.1, 0.15) is 0 Å². The van der Waals surface area contributed by atoms with Crippen LogP contribution in [0.5, 0.6) is 0 Å². The largest absolute Gasteiger partial charge is 0.352 e. The molecule has 1 fully saturated rings. The quantitative estimate of drug-likeness (QED) is 0.810. The second kappa shape index (κ2) is 9.37. The highest BCUT2D eigenvalue weighted by molar-refractivity contribution is 5.95. The maximum absolute atomic E-state index is 12.4. The smallest absolute Gasteiger partial charge is 0.321 e. The number of amides is 3. The summed E-state index contributed by atoms with van der Waals surface area (Å²) in [5.41, 5.74) is 2.46. The lowest BCUT2D eigenvalue weighted by Gasteiger charge is -2.24. The number of hydrogen-bond donors (Lipinski definition) is 2. The molecule has 2 aromatic rings. The normalized spacial score (nSPS) is 16.6. The molecule has 6 nitrogen and oxygen atoms in total. The molecule has 0 unspecified atom stereocenters. The van der Waals surface area contributed by atoms with E-state index in [0.29, 0.717) is 17.8 Å². The monoisotopic (exact) mass is 380 g/mol. The average Bonchev–Trinajstić information content (AvgIpc) is 3.15. The Morgan fingerprint density at radius 2 is 1.82 bits per heavy atom. The summed E-state index contributed by atoms with van der Waals surface area (Å²) in [6.07, 6.45) is 1.78. The van der Waals surface area contributed by atoms with Crippen LogP contribution in [0.3, 0.4) is 0 Å². The summed E-state index contributed by atoms with van der Waals surface area (Å²) in [5.74, 6) is -0.111. The van der Waals surface area contributed by atoms with Crippen molar-refractivity contribution in [2.24, 2.45) is 0 Å². The van der Waals surface area contributed by atoms with Gasteiger partial charge in [-0.05, 0) is 56.3 Å². The molecule has 1 heterocycles. The van der Waals surface area contributed by atoms with Gasteiger partial charge in [-0.2, -0.15) is 0 Å². The van der Waals surface area contributed by atoms with Crippen LogP contribution in [-0.4, -0.2) is 61.5 Å². The van der Waals surface area contributed by atoms with Crippen LogP contribution in [-0.2, 0) is 6.42 Å². The van der Waals surface area contributed by atoms with E-state index in [2.05, 4.69) is 22.6 Å². The van der Waals surface area contributed by atoms with E-state index in [9.17, 15) is 9.59 Å². The average molecular weight is 380 g/mol. The van der Waals surface area contributed by atoms with Crippen molar-refractivity contribution in [2.45, 2.75) is 18.9 Å². The van der Waals surface area contributed by atoms with Gasteiger partial charge in [-0.15, -0.1) is 0 Å². The van der Waals surface area contributed by atoms with Gasteiger partial charge in [-0.1, -0.05) is 30.3 Å². The molecule has 1 aliphatic heterocycles. The third-order valence-corrected chi connectivity index (χ3v) is 5.17. The number of likely N-dealkylation sites (N-methyl/N-ethyl adjacent to an activating group) is 2. The van der Waals surface area contributed by atoms with E-state index in [0.717, 1.165) is 25.9 Å². The van der Waals surface area contributed by atoms with E-state index in [1.807, 2.05) is 37.4 Å². The first-order valence-corrected chi connectivity index (χ1v) is 9.67. The van der Waals surface area contributed by atoms with Gasteiger partial charge in [0.2, 0.25) is 0 Å². The molecule has 0 aromatic heterocycles. The first-order valence-electron chi connectivity index (χ1n) is 9.67. The number of rotatable bonds is 6. The minimum atomic E-state index is -0.125. The van der Waals surface area contributed by atoms with Gasteiger partial charge in [-0.25, -0.2) is 4.79 Å². The SMILES string of the molecule is CN1CC[C@H](N(C)C(=O)Nc2ccc(C(=O)NCCc3ccccc3)cc2)C1. The Labute approximate surface area is 166 Å². The molecule has 0 aliphatic carbocycles. The van der Waals surface area contributed by atoms with Crippen LogP contribution in [0.25, 0.3) is 0 Å². The number of urea groups is 1. The minimum Gasteiger partial charge on any atom is -0.352 e. The molecular weight excluding hydrogens is 352 g/mol. The van der Waals surface area contributed by atoms with Crippen molar-refractivity contribution in [2.75, 3.05) is 39.0 Å². The molecule has 148 valence electrons. The zero-order chi connectivity index (χ0) is 19.9. The molecule has 28 heavy (non-hydrogen) atoms. The molecule has 2 N–H and O–H groups in total. The molecule has 3 rings (SSSR count). The summed E-state index contributed by atoms with van der Waals surface area (Å²) in [6, 6.07) is 17.2. The fraction of sp³-hybridized carbons (Fsp3) is 0.364. The molecule has 2 aromatic carbocycles. The van der Waals surface area contributed by atoms with E-state index in [-0.39, 0.29) is 18.0 Å². The number of nitrogens with zero attached hydrogens (tertiary/aromatic N) is 2. The fourth-order valence-corrected chi connectivity index (χ4v) is 3.38. The summed E-state index contributed by atoms with van der Waals surface area (Å²) in [5, 5.41) is 5.83. The van der Waals surface area contributed by atoms with Crippen molar-refractivity contribution in [3.63, 3.8) is 0 Å². The highest BCUT2D eigenvalue weighted by Crippen LogP contribution is 2.15. The fourth-order valence-electron chi connectivity index (χ4n) is 3.38. The van der Waals surface area contributed by atoms with Crippen molar-refractivity contribution >= 4 is 17.6 Å². The summed E-state index contributed by atoms with van der Waals surface area (Å²) < 4.78 is 0. The maximum atomic E-state index is 12.4. The lowest BCUT2D eigenvalue weighted by molar-refractivity contribution is 0.0954. The predicted molar refractivity (Wildman–Crippen MR) is 112 cm³/mol. The number of anilines is 1. The van der Waals surface area contributed by atoms with Gasteiger partial charge >= 0.3 is 6.03 Å². The molecule has 1 aliphatic rings. The lowest BCUT2D eigenvalue weighted by atomic mass is 10.1. The molecule has 0 spiro atoms. The standard InChI is InChI=1S/C22H28N4O2/c1-25-15-13-20(16-25)26(2)22(28)24-19-10-8-18(9-11-19)21(27)23-14-12-17-6-4-3-5-7-17/h3-11,20H,12-16H2,1-2H3,(H,23,27)(H,24,28)/t20-/m0/s1. The van der Waals surface area contributed by atoms with Gasteiger partial charge in [0.25, 0.3) is 5.91 Å². The number of carbonyl (C=O) groups excluding carboxylic acids is 2. The van der Waals surface area contributed by atoms with Crippen molar-refractivity contribution in [1.82, 2.24) is 15.1 Å². The van der Waals surface area contributed by atoms with Gasteiger partial charge < -0.3 is 20.4 Å². The Morgan fingerprint density at radius 1 is 1.11 bits per heavy atom. The third-order valence-electron chi connectivity index (χ3n) is 5.17. The predicted octanol–water partition coefficient (Wildman–Crippen LogP) is 2.83. The Morgan fingerprint density at radius 3 is 2.46 bits per heavy atom. The van der Waals surface area contributed by atoms with Crippen LogP contribution in [0, 0.1) is 0 Å². The van der Waals surface area contributed by atoms with Gasteiger partial charge in [-0.3, -0.25) is 4.79 Å². The highest BCUT2D eigenvalue weighted by Gasteiger charge is 2.26. The molecule has 0 saturated carbocycles. The summed E-state index contributed by atoms with van der Waals surface area (Å²) in [6.45, 7) is 2.49. The number of carbonyl (C=O) groups is 2. The first kappa shape index (κ1) is 19.9. The van der Waals surface area contributed by atoms with E-state index in [4.69, 9.17) is 0 Å². The Hall–Kier alpha value is -2.86. The maximum Gasteiger partial charge on any atom is 0.321 e. The van der Waals surface area contributed by atoms with Crippen molar-refractivity contribution in [3.05, 3.63) is 65.7 Å². The van der Waals surface area contributed by atoms with E-state index in [1.165, 1.54) is 5.56 Å². The van der Waals surface area contributed by atoms with Crippen molar-refractivity contribution < 1.29 is 9.59 Å². The van der Waals surface area contributed by atoms with Crippen LogP contribution >= 0.6 is 0 Å². The van der Waals surface area contributed by atoms with Crippen molar-refractivity contribution in [1.29, 1.82) is 0 Å². The van der Waals surface area contributed by atoms with Crippen molar-refractivity contribution in [3.8, 4) is 0 Å². The lowest BCUT2D eigenvalue weighted by Crippen LogP contribution is -2.41. The number of nitrogens with one attached hydrogen (secondary N) is 2. The van der Waals surface area contributed by atoms with Crippen LogP contribution in [0.15, 0.2) is 54.6 Å². The number of hydrogen-bond acceptors (Lipinski definition) is 3. The second-order valence-corrected chi connectivity index (χ2v) is 7.31. The number of benzene rings is 2. The van der Waals surface area contributed by atoms with Crippen LogP contribution in [0.1, 0.15) is 22.3 Å². The van der Waals surface area contributed by atoms with Gasteiger partial charge in [0, 0.05) is 37.4 Å². The molecule has 3 amide bonds. The van der Waals surface area contributed by atoms with Crippen LogP contribution < -0.4 is 10.6 Å². The number of likely N-dealkylation sites (tertiary alicyclic amines) is 1. The summed E-state index contributed by atoms with van der Waals surface area (Å²) >= 11 is 0. The molecule has 1 saturated heterocycles. The molecular formula is C22H28N4O2. The van der Waals surface area contributed by atoms with Gasteiger partial charge in [0.05, 0.1) is 0 Å². The van der Waals surface area contributed by atoms with E-state index in [1.54, 1.807) is 29.2 Å². The Balaban J connectivity index is 1.47. The zero-order valence-corrected chi connectivity index (χ0v) is 16.5.